The first-order chi connectivity index (χ1) is 23.1. The normalized spacial score (nSPS) is 15.3. The Hall–Kier alpha value is -2.31. The van der Waals surface area contributed by atoms with Crippen molar-refractivity contribution in [1.29, 1.82) is 0 Å². The molecule has 4 aromatic rings. The van der Waals surface area contributed by atoms with E-state index in [4.69, 9.17) is 0 Å². The van der Waals surface area contributed by atoms with Crippen molar-refractivity contribution in [2.24, 2.45) is 29.6 Å². The predicted molar refractivity (Wildman–Crippen MR) is 205 cm³/mol. The smallest absolute Gasteiger partial charge is 1.00 e. The van der Waals surface area contributed by atoms with Gasteiger partial charge in [-0.25, -0.2) is 0 Å². The van der Waals surface area contributed by atoms with Crippen molar-refractivity contribution in [3.05, 3.63) is 150 Å². The van der Waals surface area contributed by atoms with Crippen LogP contribution in [0.3, 0.4) is 0 Å². The Balaban J connectivity index is 0.00000281. The van der Waals surface area contributed by atoms with Gasteiger partial charge in [0.05, 0.1) is 0 Å². The minimum Gasteiger partial charge on any atom is -1.00 e. The first-order valence-corrected chi connectivity index (χ1v) is 22.6. The van der Waals surface area contributed by atoms with E-state index in [1.54, 1.807) is 31.1 Å². The molecule has 262 valence electrons. The minimum absolute atomic E-state index is 0. The van der Waals surface area contributed by atoms with Crippen LogP contribution in [-0.2, 0) is 34.1 Å². The first kappa shape index (κ1) is 40.5. The number of aryl methyl sites for hydroxylation is 2. The summed E-state index contributed by atoms with van der Waals surface area (Å²) in [4.78, 5) is 0. The molecule has 4 aromatic carbocycles. The summed E-state index contributed by atoms with van der Waals surface area (Å²) in [6, 6.07) is 38.1. The van der Waals surface area contributed by atoms with Gasteiger partial charge in [0.1, 0.15) is 0 Å². The molecule has 0 radical (unpaired) electrons. The Morgan fingerprint density at radius 1 is 0.560 bits per heavy atom. The fraction of sp³-hybridized carbons (Fsp3) is 0.383. The predicted octanol–water partition coefficient (Wildman–Crippen LogP) is 6.58. The maximum atomic E-state index is 2.62. The van der Waals surface area contributed by atoms with Crippen LogP contribution in [0, 0.1) is 29.6 Å². The molecule has 0 fully saturated rings. The monoisotopic (exact) mass is 780 g/mol. The fourth-order valence-electron chi connectivity index (χ4n) is 8.97. The molecular formula is C47H56Cl2Zr. The van der Waals surface area contributed by atoms with Crippen molar-refractivity contribution in [2.75, 3.05) is 0 Å². The fourth-order valence-corrected chi connectivity index (χ4v) is 19.9. The zero-order valence-corrected chi connectivity index (χ0v) is 35.8. The van der Waals surface area contributed by atoms with Gasteiger partial charge in [-0.2, -0.15) is 0 Å². The first-order valence-electron chi connectivity index (χ1n) is 18.7. The number of allylic oxidation sites excluding steroid dienone is 4. The average Bonchev–Trinajstić information content (AvgIpc) is 3.61. The van der Waals surface area contributed by atoms with Crippen molar-refractivity contribution in [3.8, 4) is 11.1 Å². The van der Waals surface area contributed by atoms with Crippen molar-refractivity contribution in [2.45, 2.75) is 85.7 Å². The van der Waals surface area contributed by atoms with Crippen LogP contribution in [0.4, 0.5) is 0 Å². The van der Waals surface area contributed by atoms with Crippen LogP contribution in [0.25, 0.3) is 11.1 Å². The van der Waals surface area contributed by atoms with E-state index < -0.39 is 21.3 Å². The molecule has 3 heteroatoms. The number of benzene rings is 4. The van der Waals surface area contributed by atoms with Gasteiger partial charge in [-0.3, -0.25) is 0 Å². The number of hydrogen-bond donors (Lipinski definition) is 0. The maximum Gasteiger partial charge on any atom is -1.00 e. The maximum absolute atomic E-state index is 3.01. The zero-order valence-electron chi connectivity index (χ0n) is 31.9. The van der Waals surface area contributed by atoms with Gasteiger partial charge >= 0.3 is 301 Å². The van der Waals surface area contributed by atoms with E-state index in [2.05, 4.69) is 166 Å². The minimum atomic E-state index is -3.01. The Morgan fingerprint density at radius 3 is 1.36 bits per heavy atom. The van der Waals surface area contributed by atoms with Gasteiger partial charge in [-0.15, -0.1) is 0 Å². The molecule has 0 heterocycles. The van der Waals surface area contributed by atoms with Crippen molar-refractivity contribution < 1.29 is 46.1 Å². The second-order valence-corrected chi connectivity index (χ2v) is 21.4. The van der Waals surface area contributed by atoms with Crippen LogP contribution < -0.4 is 24.8 Å². The third-order valence-corrected chi connectivity index (χ3v) is 19.5. The van der Waals surface area contributed by atoms with Gasteiger partial charge in [0.15, 0.2) is 0 Å². The number of rotatable bonds is 10. The van der Waals surface area contributed by atoms with Crippen molar-refractivity contribution in [1.82, 2.24) is 0 Å². The molecule has 2 aliphatic carbocycles. The molecule has 0 N–H and O–H groups in total. The van der Waals surface area contributed by atoms with Crippen LogP contribution in [0.2, 0.25) is 0 Å². The van der Waals surface area contributed by atoms with Crippen LogP contribution >= 0.6 is 0 Å². The van der Waals surface area contributed by atoms with Crippen LogP contribution in [0.1, 0.15) is 106 Å². The number of halogens is 2. The van der Waals surface area contributed by atoms with Crippen LogP contribution in [-0.4, -0.2) is 3.21 Å². The summed E-state index contributed by atoms with van der Waals surface area (Å²) >= 11 is -3.01. The summed E-state index contributed by atoms with van der Waals surface area (Å²) in [6.07, 6.45) is 2.13. The molecule has 2 aliphatic rings. The van der Waals surface area contributed by atoms with E-state index in [1.165, 1.54) is 33.4 Å². The van der Waals surface area contributed by atoms with Gasteiger partial charge in [-0.1, -0.05) is 0 Å². The second-order valence-electron chi connectivity index (χ2n) is 15.4. The largest absolute Gasteiger partial charge is 1.00 e. The summed E-state index contributed by atoms with van der Waals surface area (Å²) in [5, 5.41) is 0. The number of hydrogen-bond acceptors (Lipinski definition) is 0. The van der Waals surface area contributed by atoms with E-state index >= 15 is 0 Å². The second kappa shape index (κ2) is 17.0. The Morgan fingerprint density at radius 2 is 1.00 bits per heavy atom. The third-order valence-electron chi connectivity index (χ3n) is 10.9. The van der Waals surface area contributed by atoms with E-state index in [1.807, 2.05) is 3.28 Å². The van der Waals surface area contributed by atoms with Crippen LogP contribution in [0.15, 0.2) is 117 Å². The van der Waals surface area contributed by atoms with E-state index in [0.717, 1.165) is 12.8 Å². The standard InChI is InChI=1S/C17H17.C17H29.C13H10.2ClH.Zr/c1-3-12-5-7-16-14(9-12)11-15-10-13(4-2)6-8-17(15)16;1-10(2)14-9-15(11(3)4)17(13(7)8)16(14)12(5)6;1-3-7-12(8-4-1)11-13-9-5-2-6-10-13;;;/h5-11H,3-4H2,1-2H3;10-14H,1-8H3;1-10H;2*1H;/q;;;;;+2/p-2. The molecule has 0 aromatic heterocycles. The summed E-state index contributed by atoms with van der Waals surface area (Å²) in [5.74, 6) is 2.51. The third kappa shape index (κ3) is 7.32. The van der Waals surface area contributed by atoms with E-state index in [9.17, 15) is 0 Å². The molecule has 0 aliphatic heterocycles. The summed E-state index contributed by atoms with van der Waals surface area (Å²) in [5.41, 5.74) is 17.1. The summed E-state index contributed by atoms with van der Waals surface area (Å²) < 4.78 is 3.96. The SMILES string of the molecule is CCc1ccc2c(c1)[CH]([Zr+2]([C]1=C(C(C)C)C(C(C)C)=C(C(C)C)C1C(C)C)=[C](c1ccccc1)c1ccccc1)c1cc(CC)ccc1-2.[Cl-].[Cl-]. The van der Waals surface area contributed by atoms with Gasteiger partial charge in [0.2, 0.25) is 0 Å². The summed E-state index contributed by atoms with van der Waals surface area (Å²) in [7, 11) is 0. The Labute approximate surface area is 323 Å². The average molecular weight is 783 g/mol. The van der Waals surface area contributed by atoms with E-state index in [-0.39, 0.29) is 24.8 Å². The number of fused-ring (bicyclic) bond motifs is 3. The van der Waals surface area contributed by atoms with E-state index in [0.29, 0.717) is 33.2 Å². The molecule has 0 saturated carbocycles. The van der Waals surface area contributed by atoms with Crippen molar-refractivity contribution in [3.63, 3.8) is 0 Å². The molecular weight excluding hydrogens is 727 g/mol. The molecule has 0 amide bonds. The molecule has 0 saturated heterocycles. The molecule has 1 atom stereocenters. The topological polar surface area (TPSA) is 0 Å². The molecule has 1 unspecified atom stereocenters. The quantitative estimate of drug-likeness (QED) is 0.171. The van der Waals surface area contributed by atoms with Gasteiger partial charge < -0.3 is 24.8 Å². The molecule has 0 spiro atoms. The Bertz CT molecular complexity index is 1800. The van der Waals surface area contributed by atoms with Crippen LogP contribution in [0.5, 0.6) is 0 Å². The van der Waals surface area contributed by atoms with Gasteiger partial charge in [-0.05, 0) is 0 Å². The Kier molecular flexibility index (Phi) is 13.8. The van der Waals surface area contributed by atoms with Crippen molar-refractivity contribution >= 4 is 3.21 Å². The summed E-state index contributed by atoms with van der Waals surface area (Å²) in [6.45, 7) is 24.5. The molecule has 0 bridgehead atoms. The van der Waals surface area contributed by atoms with Gasteiger partial charge in [0, 0.05) is 0 Å². The molecule has 50 heavy (non-hydrogen) atoms. The van der Waals surface area contributed by atoms with Gasteiger partial charge in [0.25, 0.3) is 0 Å². The molecule has 0 nitrogen and oxygen atoms in total. The molecule has 6 rings (SSSR count). The zero-order chi connectivity index (χ0) is 34.3.